The molecule has 0 amide bonds. The second-order valence-electron chi connectivity index (χ2n) is 6.35. The summed E-state index contributed by atoms with van der Waals surface area (Å²) in [5.41, 5.74) is 1.14. The van der Waals surface area contributed by atoms with E-state index in [9.17, 15) is 0 Å². The average Bonchev–Trinajstić information content (AvgIpc) is 2.55. The third-order valence-electron chi connectivity index (χ3n) is 3.74. The van der Waals surface area contributed by atoms with Crippen molar-refractivity contribution < 1.29 is 4.74 Å². The molecule has 1 fully saturated rings. The topological polar surface area (TPSA) is 61.8 Å². The lowest BCUT2D eigenvalue weighted by Gasteiger charge is -2.32. The van der Waals surface area contributed by atoms with E-state index in [1.54, 1.807) is 7.05 Å². The van der Waals surface area contributed by atoms with Crippen molar-refractivity contribution in [1.29, 1.82) is 0 Å². The number of halogens is 1. The largest absolute Gasteiger partial charge is 0.375 e. The lowest BCUT2D eigenvalue weighted by molar-refractivity contribution is 0.0529. The summed E-state index contributed by atoms with van der Waals surface area (Å²) >= 11 is 0. The molecule has 1 aliphatic rings. The SMILES string of the molecule is CN=C(NCc1ccc(N2CCOC(C)C2)nc1)NCC(C)C.I. The van der Waals surface area contributed by atoms with Gasteiger partial charge in [-0.15, -0.1) is 24.0 Å². The monoisotopic (exact) mass is 447 g/mol. The zero-order valence-corrected chi connectivity index (χ0v) is 17.4. The summed E-state index contributed by atoms with van der Waals surface area (Å²) in [6.07, 6.45) is 2.19. The van der Waals surface area contributed by atoms with Crippen molar-refractivity contribution in [3.05, 3.63) is 23.9 Å². The van der Waals surface area contributed by atoms with Gasteiger partial charge in [0, 0.05) is 39.4 Å². The molecular formula is C17H30IN5O. The summed E-state index contributed by atoms with van der Waals surface area (Å²) in [4.78, 5) is 11.1. The number of guanidine groups is 1. The molecule has 7 heteroatoms. The van der Waals surface area contributed by atoms with Crippen LogP contribution in [0.5, 0.6) is 0 Å². The van der Waals surface area contributed by atoms with E-state index in [0.29, 0.717) is 12.5 Å². The molecule has 1 saturated heterocycles. The van der Waals surface area contributed by atoms with Crippen molar-refractivity contribution in [2.75, 3.05) is 38.2 Å². The van der Waals surface area contributed by atoms with Crippen LogP contribution < -0.4 is 15.5 Å². The van der Waals surface area contributed by atoms with E-state index in [0.717, 1.165) is 43.6 Å². The number of morpholine rings is 1. The Morgan fingerprint density at radius 2 is 2.21 bits per heavy atom. The minimum absolute atomic E-state index is 0. The van der Waals surface area contributed by atoms with Crippen LogP contribution in [0.2, 0.25) is 0 Å². The van der Waals surface area contributed by atoms with Crippen molar-refractivity contribution in [3.8, 4) is 0 Å². The number of nitrogens with zero attached hydrogens (tertiary/aromatic N) is 3. The van der Waals surface area contributed by atoms with E-state index in [-0.39, 0.29) is 30.1 Å². The van der Waals surface area contributed by atoms with Gasteiger partial charge in [-0.1, -0.05) is 19.9 Å². The molecule has 24 heavy (non-hydrogen) atoms. The summed E-state index contributed by atoms with van der Waals surface area (Å²) in [5, 5.41) is 6.62. The molecule has 136 valence electrons. The van der Waals surface area contributed by atoms with Crippen molar-refractivity contribution in [1.82, 2.24) is 15.6 Å². The van der Waals surface area contributed by atoms with Gasteiger partial charge in [0.2, 0.25) is 0 Å². The standard InChI is InChI=1S/C17H29N5O.HI/c1-13(2)9-20-17(18-4)21-11-15-5-6-16(19-10-15)22-7-8-23-14(3)12-22;/h5-6,10,13-14H,7-9,11-12H2,1-4H3,(H2,18,20,21);1H. The molecule has 2 rings (SSSR count). The van der Waals surface area contributed by atoms with Gasteiger partial charge in [-0.3, -0.25) is 4.99 Å². The first kappa shape index (κ1) is 21.0. The van der Waals surface area contributed by atoms with Gasteiger partial charge in [0.1, 0.15) is 5.82 Å². The fourth-order valence-corrected chi connectivity index (χ4v) is 2.44. The Morgan fingerprint density at radius 1 is 1.42 bits per heavy atom. The fraction of sp³-hybridized carbons (Fsp3) is 0.647. The summed E-state index contributed by atoms with van der Waals surface area (Å²) in [5.74, 6) is 2.43. The molecule has 6 nitrogen and oxygen atoms in total. The van der Waals surface area contributed by atoms with E-state index >= 15 is 0 Å². The van der Waals surface area contributed by atoms with Gasteiger partial charge >= 0.3 is 0 Å². The molecule has 0 aliphatic carbocycles. The van der Waals surface area contributed by atoms with Crippen molar-refractivity contribution >= 4 is 35.8 Å². The van der Waals surface area contributed by atoms with E-state index < -0.39 is 0 Å². The van der Waals surface area contributed by atoms with Crippen LogP contribution in [0.25, 0.3) is 0 Å². The molecule has 0 aromatic carbocycles. The van der Waals surface area contributed by atoms with Gasteiger partial charge in [0.15, 0.2) is 5.96 Å². The maximum Gasteiger partial charge on any atom is 0.191 e. The van der Waals surface area contributed by atoms with E-state index in [1.165, 1.54) is 0 Å². The number of pyridine rings is 1. The number of aliphatic imine (C=N–C) groups is 1. The quantitative estimate of drug-likeness (QED) is 0.412. The number of nitrogens with one attached hydrogen (secondary N) is 2. The highest BCUT2D eigenvalue weighted by atomic mass is 127. The van der Waals surface area contributed by atoms with Crippen LogP contribution in [0.15, 0.2) is 23.3 Å². The lowest BCUT2D eigenvalue weighted by Crippen LogP contribution is -2.41. The van der Waals surface area contributed by atoms with Crippen LogP contribution in [-0.4, -0.2) is 50.3 Å². The molecular weight excluding hydrogens is 417 g/mol. The summed E-state index contributed by atoms with van der Waals surface area (Å²) in [6, 6.07) is 4.20. The predicted molar refractivity (Wildman–Crippen MR) is 110 cm³/mol. The summed E-state index contributed by atoms with van der Waals surface area (Å²) in [7, 11) is 1.79. The van der Waals surface area contributed by atoms with Gasteiger partial charge < -0.3 is 20.3 Å². The minimum atomic E-state index is 0. The highest BCUT2D eigenvalue weighted by Crippen LogP contribution is 2.15. The van der Waals surface area contributed by atoms with Gasteiger partial charge in [-0.2, -0.15) is 0 Å². The van der Waals surface area contributed by atoms with Crippen LogP contribution in [0.1, 0.15) is 26.3 Å². The van der Waals surface area contributed by atoms with Crippen molar-refractivity contribution in [2.45, 2.75) is 33.4 Å². The fourth-order valence-electron chi connectivity index (χ4n) is 2.44. The Hall–Kier alpha value is -1.09. The smallest absolute Gasteiger partial charge is 0.191 e. The molecule has 0 saturated carbocycles. The van der Waals surface area contributed by atoms with Crippen molar-refractivity contribution in [2.24, 2.45) is 10.9 Å². The molecule has 0 bridgehead atoms. The molecule has 1 aliphatic heterocycles. The predicted octanol–water partition coefficient (Wildman–Crippen LogP) is 2.25. The minimum Gasteiger partial charge on any atom is -0.375 e. The Labute approximate surface area is 162 Å². The molecule has 1 aromatic heterocycles. The Bertz CT molecular complexity index is 506. The number of ether oxygens (including phenoxy) is 1. The van der Waals surface area contributed by atoms with Gasteiger partial charge in [-0.05, 0) is 24.5 Å². The normalized spacial score (nSPS) is 18.3. The molecule has 0 radical (unpaired) electrons. The van der Waals surface area contributed by atoms with E-state index in [1.807, 2.05) is 6.20 Å². The molecule has 0 spiro atoms. The van der Waals surface area contributed by atoms with Crippen LogP contribution in [0.4, 0.5) is 5.82 Å². The number of hydrogen-bond acceptors (Lipinski definition) is 4. The van der Waals surface area contributed by atoms with Crippen LogP contribution in [0, 0.1) is 5.92 Å². The highest BCUT2D eigenvalue weighted by Gasteiger charge is 2.17. The maximum absolute atomic E-state index is 5.57. The Balaban J connectivity index is 0.00000288. The van der Waals surface area contributed by atoms with E-state index in [4.69, 9.17) is 4.74 Å². The van der Waals surface area contributed by atoms with Crippen LogP contribution in [-0.2, 0) is 11.3 Å². The Kier molecular flexibility index (Phi) is 9.35. The molecule has 2 heterocycles. The summed E-state index contributed by atoms with van der Waals surface area (Å²) < 4.78 is 5.57. The van der Waals surface area contributed by atoms with Crippen LogP contribution >= 0.6 is 24.0 Å². The maximum atomic E-state index is 5.57. The lowest BCUT2D eigenvalue weighted by atomic mass is 10.2. The Morgan fingerprint density at radius 3 is 2.79 bits per heavy atom. The van der Waals surface area contributed by atoms with E-state index in [2.05, 4.69) is 58.4 Å². The molecule has 1 atom stereocenters. The second kappa shape index (κ2) is 10.7. The number of anilines is 1. The van der Waals surface area contributed by atoms with Gasteiger partial charge in [0.25, 0.3) is 0 Å². The number of rotatable bonds is 5. The number of aromatic nitrogens is 1. The zero-order valence-electron chi connectivity index (χ0n) is 15.1. The molecule has 2 N–H and O–H groups in total. The third-order valence-corrected chi connectivity index (χ3v) is 3.74. The first-order valence-corrected chi connectivity index (χ1v) is 8.34. The molecule has 1 unspecified atom stereocenters. The average molecular weight is 447 g/mol. The van der Waals surface area contributed by atoms with Gasteiger partial charge in [0.05, 0.1) is 12.7 Å². The summed E-state index contributed by atoms with van der Waals surface area (Å²) in [6.45, 7) is 10.6. The third kappa shape index (κ3) is 6.80. The number of hydrogen-bond donors (Lipinski definition) is 2. The highest BCUT2D eigenvalue weighted by molar-refractivity contribution is 14.0. The first-order valence-electron chi connectivity index (χ1n) is 8.34. The first-order chi connectivity index (χ1) is 11.1. The van der Waals surface area contributed by atoms with Gasteiger partial charge in [-0.25, -0.2) is 4.98 Å². The van der Waals surface area contributed by atoms with Crippen molar-refractivity contribution in [3.63, 3.8) is 0 Å². The zero-order chi connectivity index (χ0) is 16.7. The second-order valence-corrected chi connectivity index (χ2v) is 6.35. The van der Waals surface area contributed by atoms with Crippen LogP contribution in [0.3, 0.4) is 0 Å². The molecule has 1 aromatic rings.